The van der Waals surface area contributed by atoms with Gasteiger partial charge in [0.25, 0.3) is 5.91 Å². The summed E-state index contributed by atoms with van der Waals surface area (Å²) >= 11 is 0. The molecule has 3 rings (SSSR count). The molecule has 1 aromatic carbocycles. The Morgan fingerprint density at radius 3 is 3.00 bits per heavy atom. The number of carbonyl (C=O) groups excluding carboxylic acids is 1. The Bertz CT molecular complexity index is 577. The second-order valence-corrected chi connectivity index (χ2v) is 4.44. The van der Waals surface area contributed by atoms with E-state index in [0.29, 0.717) is 24.7 Å². The van der Waals surface area contributed by atoms with Crippen molar-refractivity contribution in [2.75, 3.05) is 18.5 Å². The first kappa shape index (κ1) is 12.7. The Balaban J connectivity index is 1.73. The summed E-state index contributed by atoms with van der Waals surface area (Å²) < 4.78 is 15.8. The van der Waals surface area contributed by atoms with Gasteiger partial charge in [-0.05, 0) is 12.1 Å². The highest BCUT2D eigenvalue weighted by Crippen LogP contribution is 2.26. The lowest BCUT2D eigenvalue weighted by Gasteiger charge is -2.15. The maximum atomic E-state index is 12.0. The van der Waals surface area contributed by atoms with E-state index in [2.05, 4.69) is 15.0 Å². The van der Waals surface area contributed by atoms with Crippen LogP contribution in [-0.2, 0) is 4.74 Å². The molecule has 2 aromatic rings. The lowest BCUT2D eigenvalue weighted by Crippen LogP contribution is -2.18. The summed E-state index contributed by atoms with van der Waals surface area (Å²) in [5.41, 5.74) is 0.830. The Labute approximate surface area is 115 Å². The molecule has 0 saturated carbocycles. The number of anilines is 1. The third-order valence-electron chi connectivity index (χ3n) is 2.99. The number of para-hydroxylation sites is 2. The molecule has 0 unspecified atom stereocenters. The number of aromatic nitrogens is 1. The van der Waals surface area contributed by atoms with E-state index in [1.54, 1.807) is 6.07 Å². The van der Waals surface area contributed by atoms with Gasteiger partial charge in [0.05, 0.1) is 18.9 Å². The van der Waals surface area contributed by atoms with Crippen LogP contribution >= 0.6 is 0 Å². The van der Waals surface area contributed by atoms with Gasteiger partial charge in [-0.2, -0.15) is 0 Å². The minimum absolute atomic E-state index is 0.0279. The van der Waals surface area contributed by atoms with Crippen LogP contribution in [0.1, 0.15) is 16.9 Å². The molecule has 1 atom stereocenters. The van der Waals surface area contributed by atoms with Crippen molar-refractivity contribution in [2.24, 2.45) is 0 Å². The van der Waals surface area contributed by atoms with E-state index < -0.39 is 0 Å². The Morgan fingerprint density at radius 1 is 1.35 bits per heavy atom. The molecule has 0 spiro atoms. The zero-order valence-electron chi connectivity index (χ0n) is 10.7. The number of amides is 1. The average Bonchev–Trinajstić information content (AvgIpc) is 3.13. The van der Waals surface area contributed by atoms with E-state index >= 15 is 0 Å². The molecule has 0 bridgehead atoms. The van der Waals surface area contributed by atoms with Crippen LogP contribution in [0.2, 0.25) is 0 Å². The van der Waals surface area contributed by atoms with Crippen molar-refractivity contribution < 1.29 is 18.8 Å². The van der Waals surface area contributed by atoms with E-state index in [1.165, 1.54) is 12.3 Å². The zero-order valence-corrected chi connectivity index (χ0v) is 10.7. The Kier molecular flexibility index (Phi) is 3.64. The highest BCUT2D eigenvalue weighted by Gasteiger charge is 2.19. The standard InChI is InChI=1S/C14H14N2O4/c17-14(12-6-8-19-16-12)15-11-3-1-2-4-13(11)20-10-5-7-18-9-10/h1-4,6,8,10H,5,7,9H2,(H,15,17)/t10-/m1/s1. The van der Waals surface area contributed by atoms with Crippen LogP contribution in [0, 0.1) is 0 Å². The maximum absolute atomic E-state index is 12.0. The zero-order chi connectivity index (χ0) is 13.8. The highest BCUT2D eigenvalue weighted by molar-refractivity contribution is 6.03. The number of hydrogen-bond acceptors (Lipinski definition) is 5. The van der Waals surface area contributed by atoms with Crippen molar-refractivity contribution >= 4 is 11.6 Å². The lowest BCUT2D eigenvalue weighted by molar-refractivity contribution is 0.101. The summed E-state index contributed by atoms with van der Waals surface area (Å²) in [6, 6.07) is 8.79. The van der Waals surface area contributed by atoms with Gasteiger partial charge in [0, 0.05) is 12.5 Å². The molecule has 1 aliphatic heterocycles. The first-order valence-corrected chi connectivity index (χ1v) is 6.38. The molecular formula is C14H14N2O4. The van der Waals surface area contributed by atoms with Crippen molar-refractivity contribution in [3.05, 3.63) is 42.3 Å². The predicted octanol–water partition coefficient (Wildman–Crippen LogP) is 2.09. The molecule has 1 aliphatic rings. The highest BCUT2D eigenvalue weighted by atomic mass is 16.5. The molecule has 1 aromatic heterocycles. The van der Waals surface area contributed by atoms with E-state index in [4.69, 9.17) is 9.47 Å². The van der Waals surface area contributed by atoms with Crippen LogP contribution in [0.5, 0.6) is 5.75 Å². The number of benzene rings is 1. The first-order chi connectivity index (χ1) is 9.83. The maximum Gasteiger partial charge on any atom is 0.277 e. The van der Waals surface area contributed by atoms with Gasteiger partial charge in [0.15, 0.2) is 5.69 Å². The molecule has 6 heteroatoms. The molecule has 1 amide bonds. The van der Waals surface area contributed by atoms with Gasteiger partial charge in [-0.15, -0.1) is 0 Å². The van der Waals surface area contributed by atoms with E-state index in [1.807, 2.05) is 18.2 Å². The van der Waals surface area contributed by atoms with E-state index in [9.17, 15) is 4.79 Å². The van der Waals surface area contributed by atoms with Crippen molar-refractivity contribution in [3.8, 4) is 5.75 Å². The molecule has 6 nitrogen and oxygen atoms in total. The number of hydrogen-bond donors (Lipinski definition) is 1. The summed E-state index contributed by atoms with van der Waals surface area (Å²) in [7, 11) is 0. The molecule has 1 N–H and O–H groups in total. The molecular weight excluding hydrogens is 260 g/mol. The second-order valence-electron chi connectivity index (χ2n) is 4.44. The monoisotopic (exact) mass is 274 g/mol. The van der Waals surface area contributed by atoms with Gasteiger partial charge < -0.3 is 19.3 Å². The number of carbonyl (C=O) groups is 1. The molecule has 1 saturated heterocycles. The van der Waals surface area contributed by atoms with Crippen molar-refractivity contribution in [1.82, 2.24) is 5.16 Å². The van der Waals surface area contributed by atoms with Crippen LogP contribution in [0.25, 0.3) is 0 Å². The quantitative estimate of drug-likeness (QED) is 0.924. The van der Waals surface area contributed by atoms with Crippen LogP contribution in [0.4, 0.5) is 5.69 Å². The topological polar surface area (TPSA) is 73.6 Å². The van der Waals surface area contributed by atoms with Gasteiger partial charge in [0.1, 0.15) is 18.1 Å². The largest absolute Gasteiger partial charge is 0.486 e. The average molecular weight is 274 g/mol. The minimum atomic E-state index is -0.336. The van der Waals surface area contributed by atoms with Crippen LogP contribution < -0.4 is 10.1 Å². The molecule has 20 heavy (non-hydrogen) atoms. The summed E-state index contributed by atoms with van der Waals surface area (Å²) in [5, 5.41) is 6.36. The normalized spacial score (nSPS) is 17.9. The molecule has 0 radical (unpaired) electrons. The molecule has 0 aliphatic carbocycles. The van der Waals surface area contributed by atoms with Crippen LogP contribution in [0.3, 0.4) is 0 Å². The number of nitrogens with zero attached hydrogens (tertiary/aromatic N) is 1. The Morgan fingerprint density at radius 2 is 2.25 bits per heavy atom. The SMILES string of the molecule is O=C(Nc1ccccc1O[C@@H]1CCOC1)c1ccon1. The van der Waals surface area contributed by atoms with E-state index in [-0.39, 0.29) is 17.7 Å². The molecule has 2 heterocycles. The third kappa shape index (κ3) is 2.80. The third-order valence-corrected chi connectivity index (χ3v) is 2.99. The van der Waals surface area contributed by atoms with Crippen molar-refractivity contribution in [3.63, 3.8) is 0 Å². The molecule has 1 fully saturated rings. The predicted molar refractivity (Wildman–Crippen MR) is 70.8 cm³/mol. The summed E-state index contributed by atoms with van der Waals surface area (Å²) in [5.74, 6) is 0.289. The summed E-state index contributed by atoms with van der Waals surface area (Å²) in [6.07, 6.45) is 2.23. The second kappa shape index (κ2) is 5.75. The van der Waals surface area contributed by atoms with Gasteiger partial charge in [0.2, 0.25) is 0 Å². The van der Waals surface area contributed by atoms with Crippen molar-refractivity contribution in [2.45, 2.75) is 12.5 Å². The van der Waals surface area contributed by atoms with E-state index in [0.717, 1.165) is 6.42 Å². The number of ether oxygens (including phenoxy) is 2. The fourth-order valence-electron chi connectivity index (χ4n) is 1.97. The summed E-state index contributed by atoms with van der Waals surface area (Å²) in [6.45, 7) is 1.28. The van der Waals surface area contributed by atoms with Gasteiger partial charge in [-0.1, -0.05) is 17.3 Å². The number of rotatable bonds is 4. The van der Waals surface area contributed by atoms with Gasteiger partial charge >= 0.3 is 0 Å². The van der Waals surface area contributed by atoms with Crippen molar-refractivity contribution in [1.29, 1.82) is 0 Å². The first-order valence-electron chi connectivity index (χ1n) is 6.38. The fourth-order valence-corrected chi connectivity index (χ4v) is 1.97. The lowest BCUT2D eigenvalue weighted by atomic mass is 10.2. The van der Waals surface area contributed by atoms with Crippen LogP contribution in [0.15, 0.2) is 41.1 Å². The van der Waals surface area contributed by atoms with Gasteiger partial charge in [-0.3, -0.25) is 4.79 Å². The summed E-state index contributed by atoms with van der Waals surface area (Å²) in [4.78, 5) is 12.0. The minimum Gasteiger partial charge on any atom is -0.486 e. The Hall–Kier alpha value is -2.34. The smallest absolute Gasteiger partial charge is 0.277 e. The fraction of sp³-hybridized carbons (Fsp3) is 0.286. The van der Waals surface area contributed by atoms with Crippen LogP contribution in [-0.4, -0.2) is 30.4 Å². The van der Waals surface area contributed by atoms with Gasteiger partial charge in [-0.25, -0.2) is 0 Å². The molecule has 104 valence electrons. The number of nitrogens with one attached hydrogen (secondary N) is 1.